The van der Waals surface area contributed by atoms with E-state index in [0.717, 1.165) is 12.8 Å². The van der Waals surface area contributed by atoms with Gasteiger partial charge in [-0.25, -0.2) is 13.2 Å². The fraction of sp³-hybridized carbons (Fsp3) is 0.818. The zero-order chi connectivity index (χ0) is 14.2. The molecule has 8 heteroatoms. The monoisotopic (exact) mass is 290 g/mol. The second kappa shape index (κ2) is 4.99. The standard InChI is InChI=1S/C11H18N2O5S/c1-12(9-4-5-19(17,18)7-9)11(16)13(6-10(14)15)8-2-3-8/h8-9H,2-7H2,1H3,(H,14,15). The van der Waals surface area contributed by atoms with Gasteiger partial charge in [0.2, 0.25) is 0 Å². The molecule has 1 aliphatic carbocycles. The minimum absolute atomic E-state index is 0.0101. The SMILES string of the molecule is CN(C(=O)N(CC(=O)O)C1CC1)C1CCS(=O)(=O)C1. The Bertz CT molecular complexity index is 485. The van der Waals surface area contributed by atoms with Gasteiger partial charge in [0.05, 0.1) is 11.5 Å². The summed E-state index contributed by atoms with van der Waals surface area (Å²) in [6.45, 7) is -0.326. The largest absolute Gasteiger partial charge is 0.480 e. The minimum Gasteiger partial charge on any atom is -0.480 e. The molecule has 2 amide bonds. The van der Waals surface area contributed by atoms with Crippen LogP contribution in [0.5, 0.6) is 0 Å². The van der Waals surface area contributed by atoms with Crippen molar-refractivity contribution in [3.8, 4) is 0 Å². The molecule has 0 spiro atoms. The van der Waals surface area contributed by atoms with E-state index in [4.69, 9.17) is 5.11 Å². The predicted molar refractivity (Wildman–Crippen MR) is 67.6 cm³/mol. The Morgan fingerprint density at radius 3 is 2.26 bits per heavy atom. The van der Waals surface area contributed by atoms with Crippen molar-refractivity contribution in [3.05, 3.63) is 0 Å². The first kappa shape index (κ1) is 14.1. The molecular weight excluding hydrogens is 272 g/mol. The van der Waals surface area contributed by atoms with Crippen LogP contribution >= 0.6 is 0 Å². The van der Waals surface area contributed by atoms with Gasteiger partial charge in [0.1, 0.15) is 6.54 Å². The van der Waals surface area contributed by atoms with Crippen LogP contribution in [0.1, 0.15) is 19.3 Å². The number of hydrogen-bond donors (Lipinski definition) is 1. The molecule has 2 aliphatic rings. The number of hydrogen-bond acceptors (Lipinski definition) is 4. The third-order valence-electron chi connectivity index (χ3n) is 3.60. The molecule has 0 bridgehead atoms. The number of carbonyl (C=O) groups excluding carboxylic acids is 1. The zero-order valence-corrected chi connectivity index (χ0v) is 11.6. The first-order chi connectivity index (χ1) is 8.80. The molecule has 19 heavy (non-hydrogen) atoms. The Kier molecular flexibility index (Phi) is 3.71. The van der Waals surface area contributed by atoms with E-state index in [2.05, 4.69) is 0 Å². The molecule has 2 fully saturated rings. The van der Waals surface area contributed by atoms with Crippen molar-refractivity contribution in [1.29, 1.82) is 0 Å². The van der Waals surface area contributed by atoms with Crippen LogP contribution < -0.4 is 0 Å². The van der Waals surface area contributed by atoms with Crippen LogP contribution in [-0.2, 0) is 14.6 Å². The van der Waals surface area contributed by atoms with Crippen LogP contribution in [0.2, 0.25) is 0 Å². The molecule has 0 radical (unpaired) electrons. The summed E-state index contributed by atoms with van der Waals surface area (Å²) in [7, 11) is -1.51. The molecular formula is C11H18N2O5S. The van der Waals surface area contributed by atoms with E-state index < -0.39 is 15.8 Å². The lowest BCUT2D eigenvalue weighted by Gasteiger charge is -2.30. The molecule has 0 aromatic heterocycles. The van der Waals surface area contributed by atoms with Crippen LogP contribution in [0.15, 0.2) is 0 Å². The zero-order valence-electron chi connectivity index (χ0n) is 10.8. The maximum atomic E-state index is 12.3. The second-order valence-electron chi connectivity index (χ2n) is 5.20. The summed E-state index contributed by atoms with van der Waals surface area (Å²) < 4.78 is 22.8. The summed E-state index contributed by atoms with van der Waals surface area (Å²) in [5, 5.41) is 8.83. The highest BCUT2D eigenvalue weighted by Gasteiger charge is 2.39. The summed E-state index contributed by atoms with van der Waals surface area (Å²) >= 11 is 0. The lowest BCUT2D eigenvalue weighted by atomic mass is 10.2. The molecule has 1 atom stereocenters. The molecule has 0 aromatic carbocycles. The predicted octanol–water partition coefficient (Wildman–Crippen LogP) is -0.226. The fourth-order valence-corrected chi connectivity index (χ4v) is 4.10. The van der Waals surface area contributed by atoms with E-state index in [1.807, 2.05) is 0 Å². The average molecular weight is 290 g/mol. The molecule has 1 heterocycles. The van der Waals surface area contributed by atoms with Crippen molar-refractivity contribution in [2.45, 2.75) is 31.3 Å². The molecule has 1 saturated heterocycles. The van der Waals surface area contributed by atoms with Gasteiger partial charge < -0.3 is 14.9 Å². The number of sulfone groups is 1. The molecule has 2 rings (SSSR count). The van der Waals surface area contributed by atoms with Crippen molar-refractivity contribution in [1.82, 2.24) is 9.80 Å². The number of urea groups is 1. The maximum absolute atomic E-state index is 12.3. The number of carboxylic acids is 1. The van der Waals surface area contributed by atoms with Gasteiger partial charge in [-0.15, -0.1) is 0 Å². The maximum Gasteiger partial charge on any atom is 0.323 e. The highest BCUT2D eigenvalue weighted by Crippen LogP contribution is 2.28. The van der Waals surface area contributed by atoms with Gasteiger partial charge in [-0.2, -0.15) is 0 Å². The van der Waals surface area contributed by atoms with Crippen LogP contribution in [0.4, 0.5) is 4.79 Å². The molecule has 7 nitrogen and oxygen atoms in total. The lowest BCUT2D eigenvalue weighted by Crippen LogP contribution is -2.49. The van der Waals surface area contributed by atoms with E-state index in [0.29, 0.717) is 6.42 Å². The van der Waals surface area contributed by atoms with Gasteiger partial charge in [0.25, 0.3) is 0 Å². The van der Waals surface area contributed by atoms with E-state index >= 15 is 0 Å². The summed E-state index contributed by atoms with van der Waals surface area (Å²) in [5.41, 5.74) is 0. The first-order valence-electron chi connectivity index (χ1n) is 6.26. The third-order valence-corrected chi connectivity index (χ3v) is 5.35. The summed E-state index contributed by atoms with van der Waals surface area (Å²) in [4.78, 5) is 25.7. The second-order valence-corrected chi connectivity index (χ2v) is 7.43. The smallest absolute Gasteiger partial charge is 0.323 e. The number of carbonyl (C=O) groups is 2. The summed E-state index contributed by atoms with van der Waals surface area (Å²) in [6.07, 6.45) is 2.06. The Labute approximate surface area is 112 Å². The van der Waals surface area contributed by atoms with E-state index in [1.54, 1.807) is 7.05 Å². The Morgan fingerprint density at radius 2 is 1.84 bits per heavy atom. The van der Waals surface area contributed by atoms with Gasteiger partial charge in [-0.1, -0.05) is 0 Å². The number of aliphatic carboxylic acids is 1. The van der Waals surface area contributed by atoms with E-state index in [-0.39, 0.29) is 36.2 Å². The normalized spacial score (nSPS) is 25.0. The molecule has 1 aliphatic heterocycles. The lowest BCUT2D eigenvalue weighted by molar-refractivity contribution is -0.137. The van der Waals surface area contributed by atoms with Crippen molar-refractivity contribution in [3.63, 3.8) is 0 Å². The van der Waals surface area contributed by atoms with Crippen molar-refractivity contribution >= 4 is 21.8 Å². The van der Waals surface area contributed by atoms with Crippen LogP contribution in [0, 0.1) is 0 Å². The van der Waals surface area contributed by atoms with Gasteiger partial charge in [0, 0.05) is 19.1 Å². The molecule has 1 saturated carbocycles. The number of rotatable bonds is 4. The molecule has 1 N–H and O–H groups in total. The molecule has 1 unspecified atom stereocenters. The summed E-state index contributed by atoms with van der Waals surface area (Å²) in [6, 6.07) is -0.733. The van der Waals surface area contributed by atoms with Gasteiger partial charge in [0.15, 0.2) is 9.84 Å². The average Bonchev–Trinajstić information content (AvgIpc) is 3.08. The van der Waals surface area contributed by atoms with Crippen LogP contribution in [-0.4, -0.2) is 72.5 Å². The quantitative estimate of drug-likeness (QED) is 0.772. The van der Waals surface area contributed by atoms with Crippen molar-refractivity contribution in [2.75, 3.05) is 25.1 Å². The Hall–Kier alpha value is -1.31. The number of nitrogens with zero attached hydrogens (tertiary/aromatic N) is 2. The number of amides is 2. The summed E-state index contributed by atoms with van der Waals surface area (Å²) in [5.74, 6) is -0.981. The Balaban J connectivity index is 2.02. The molecule has 108 valence electrons. The number of carboxylic acid groups (broad SMARTS) is 1. The fourth-order valence-electron chi connectivity index (χ4n) is 2.32. The van der Waals surface area contributed by atoms with Crippen LogP contribution in [0.25, 0.3) is 0 Å². The third kappa shape index (κ3) is 3.37. The highest BCUT2D eigenvalue weighted by atomic mass is 32.2. The molecule has 0 aromatic rings. The van der Waals surface area contributed by atoms with Gasteiger partial charge in [-0.05, 0) is 19.3 Å². The van der Waals surface area contributed by atoms with Crippen molar-refractivity contribution < 1.29 is 23.1 Å². The van der Waals surface area contributed by atoms with Crippen LogP contribution in [0.3, 0.4) is 0 Å². The minimum atomic E-state index is -3.06. The topological polar surface area (TPSA) is 95.0 Å². The highest BCUT2D eigenvalue weighted by molar-refractivity contribution is 7.91. The van der Waals surface area contributed by atoms with Gasteiger partial charge >= 0.3 is 12.0 Å². The van der Waals surface area contributed by atoms with Gasteiger partial charge in [-0.3, -0.25) is 4.79 Å². The van der Waals surface area contributed by atoms with E-state index in [1.165, 1.54) is 9.80 Å². The van der Waals surface area contributed by atoms with E-state index in [9.17, 15) is 18.0 Å². The Morgan fingerprint density at radius 1 is 1.21 bits per heavy atom. The van der Waals surface area contributed by atoms with Crippen molar-refractivity contribution in [2.24, 2.45) is 0 Å². The first-order valence-corrected chi connectivity index (χ1v) is 8.08.